The SMILES string of the molecule is COc1cccc(NC(=O)c2cncc(NCCc3cccc(Cl)c3)c2)c1. The summed E-state index contributed by atoms with van der Waals surface area (Å²) in [7, 11) is 1.59. The normalized spacial score (nSPS) is 10.3. The Morgan fingerprint density at radius 3 is 2.74 bits per heavy atom. The van der Waals surface area contributed by atoms with Crippen molar-refractivity contribution in [3.8, 4) is 5.75 Å². The van der Waals surface area contributed by atoms with Crippen LogP contribution < -0.4 is 15.4 Å². The molecule has 2 aromatic carbocycles. The van der Waals surface area contributed by atoms with E-state index in [9.17, 15) is 4.79 Å². The van der Waals surface area contributed by atoms with Gasteiger partial charge in [0.05, 0.1) is 18.4 Å². The van der Waals surface area contributed by atoms with Gasteiger partial charge >= 0.3 is 0 Å². The molecule has 3 aromatic rings. The third kappa shape index (κ3) is 5.46. The molecule has 5 nitrogen and oxygen atoms in total. The maximum atomic E-state index is 12.5. The number of carbonyl (C=O) groups excluding carboxylic acids is 1. The number of nitrogens with zero attached hydrogens (tertiary/aromatic N) is 1. The molecule has 0 atom stereocenters. The summed E-state index contributed by atoms with van der Waals surface area (Å²) < 4.78 is 5.17. The summed E-state index contributed by atoms with van der Waals surface area (Å²) in [6.07, 6.45) is 4.05. The van der Waals surface area contributed by atoms with Gasteiger partial charge in [0.25, 0.3) is 5.91 Å². The highest BCUT2D eigenvalue weighted by atomic mass is 35.5. The van der Waals surface area contributed by atoms with Crippen LogP contribution in [0.4, 0.5) is 11.4 Å². The topological polar surface area (TPSA) is 63.2 Å². The van der Waals surface area contributed by atoms with Crippen LogP contribution in [0.3, 0.4) is 0 Å². The summed E-state index contributed by atoms with van der Waals surface area (Å²) >= 11 is 6.00. The van der Waals surface area contributed by atoms with Crippen molar-refractivity contribution >= 4 is 28.9 Å². The first-order valence-corrected chi connectivity index (χ1v) is 8.90. The van der Waals surface area contributed by atoms with E-state index >= 15 is 0 Å². The third-order valence-corrected chi connectivity index (χ3v) is 4.19. The van der Waals surface area contributed by atoms with E-state index in [1.165, 1.54) is 6.20 Å². The maximum Gasteiger partial charge on any atom is 0.257 e. The first kappa shape index (κ1) is 18.7. The smallest absolute Gasteiger partial charge is 0.257 e. The molecule has 0 saturated heterocycles. The number of halogens is 1. The van der Waals surface area contributed by atoms with Crippen LogP contribution in [0.15, 0.2) is 67.0 Å². The maximum absolute atomic E-state index is 12.5. The minimum Gasteiger partial charge on any atom is -0.497 e. The molecule has 0 bridgehead atoms. The van der Waals surface area contributed by atoms with Gasteiger partial charge < -0.3 is 15.4 Å². The van der Waals surface area contributed by atoms with Crippen LogP contribution in [-0.2, 0) is 6.42 Å². The Bertz CT molecular complexity index is 931. The van der Waals surface area contributed by atoms with Crippen molar-refractivity contribution in [1.82, 2.24) is 4.98 Å². The van der Waals surface area contributed by atoms with Gasteiger partial charge in [0.15, 0.2) is 0 Å². The molecule has 1 amide bonds. The van der Waals surface area contributed by atoms with Crippen molar-refractivity contribution in [2.24, 2.45) is 0 Å². The van der Waals surface area contributed by atoms with Gasteiger partial charge in [-0.2, -0.15) is 0 Å². The molecule has 0 spiro atoms. The van der Waals surface area contributed by atoms with E-state index in [1.807, 2.05) is 36.4 Å². The number of pyridine rings is 1. The number of aromatic nitrogens is 1. The second kappa shape index (κ2) is 9.05. The average Bonchev–Trinajstić information content (AvgIpc) is 2.68. The zero-order valence-corrected chi connectivity index (χ0v) is 15.7. The van der Waals surface area contributed by atoms with Crippen molar-refractivity contribution in [2.75, 3.05) is 24.3 Å². The largest absolute Gasteiger partial charge is 0.497 e. The number of anilines is 2. The summed E-state index contributed by atoms with van der Waals surface area (Å²) in [6.45, 7) is 0.711. The van der Waals surface area contributed by atoms with Crippen LogP contribution in [0, 0.1) is 0 Å². The Morgan fingerprint density at radius 1 is 1.07 bits per heavy atom. The summed E-state index contributed by atoms with van der Waals surface area (Å²) in [5.41, 5.74) is 3.08. The van der Waals surface area contributed by atoms with Crippen LogP contribution in [0.5, 0.6) is 5.75 Å². The molecule has 0 saturated carbocycles. The number of carbonyl (C=O) groups is 1. The van der Waals surface area contributed by atoms with Crippen LogP contribution in [0.2, 0.25) is 5.02 Å². The predicted octanol–water partition coefficient (Wildman–Crippen LogP) is 4.65. The molecule has 0 unspecified atom stereocenters. The van der Waals surface area contributed by atoms with E-state index in [2.05, 4.69) is 15.6 Å². The van der Waals surface area contributed by atoms with E-state index in [1.54, 1.807) is 31.5 Å². The van der Waals surface area contributed by atoms with E-state index in [4.69, 9.17) is 16.3 Å². The average molecular weight is 382 g/mol. The van der Waals surface area contributed by atoms with Crippen molar-refractivity contribution in [2.45, 2.75) is 6.42 Å². The van der Waals surface area contributed by atoms with Gasteiger partial charge in [-0.25, -0.2) is 0 Å². The Kier molecular flexibility index (Phi) is 6.28. The van der Waals surface area contributed by atoms with Crippen molar-refractivity contribution < 1.29 is 9.53 Å². The monoisotopic (exact) mass is 381 g/mol. The number of benzene rings is 2. The minimum atomic E-state index is -0.228. The van der Waals surface area contributed by atoms with Crippen molar-refractivity contribution in [3.63, 3.8) is 0 Å². The summed E-state index contributed by atoms with van der Waals surface area (Å²) in [5.74, 6) is 0.455. The molecule has 138 valence electrons. The molecule has 0 aliphatic rings. The molecule has 0 aliphatic heterocycles. The van der Waals surface area contributed by atoms with Crippen molar-refractivity contribution in [3.05, 3.63) is 83.1 Å². The Morgan fingerprint density at radius 2 is 1.93 bits per heavy atom. The standard InChI is InChI=1S/C21H20ClN3O2/c1-27-20-7-3-6-18(12-20)25-21(26)16-11-19(14-23-13-16)24-9-8-15-4-2-5-17(22)10-15/h2-7,10-14,24H,8-9H2,1H3,(H,25,26). The van der Waals surface area contributed by atoms with Gasteiger partial charge in [0.1, 0.15) is 5.75 Å². The summed E-state index contributed by atoms with van der Waals surface area (Å²) in [6, 6.07) is 16.8. The predicted molar refractivity (Wildman–Crippen MR) is 109 cm³/mol. The van der Waals surface area contributed by atoms with Gasteiger partial charge in [-0.3, -0.25) is 9.78 Å². The van der Waals surface area contributed by atoms with Gasteiger partial charge in [-0.1, -0.05) is 29.8 Å². The Hall–Kier alpha value is -3.05. The summed E-state index contributed by atoms with van der Waals surface area (Å²) in [4.78, 5) is 16.6. The molecule has 1 heterocycles. The molecular weight excluding hydrogens is 362 g/mol. The molecule has 0 fully saturated rings. The van der Waals surface area contributed by atoms with Crippen molar-refractivity contribution in [1.29, 1.82) is 0 Å². The van der Waals surface area contributed by atoms with Crippen LogP contribution >= 0.6 is 11.6 Å². The first-order chi connectivity index (χ1) is 13.1. The Balaban J connectivity index is 1.59. The van der Waals surface area contributed by atoms with E-state index in [0.29, 0.717) is 23.5 Å². The van der Waals surface area contributed by atoms with Crippen LogP contribution in [-0.4, -0.2) is 24.5 Å². The molecule has 27 heavy (non-hydrogen) atoms. The highest BCUT2D eigenvalue weighted by Gasteiger charge is 2.08. The molecule has 6 heteroatoms. The lowest BCUT2D eigenvalue weighted by atomic mass is 10.1. The number of nitrogens with one attached hydrogen (secondary N) is 2. The molecular formula is C21H20ClN3O2. The van der Waals surface area contributed by atoms with Gasteiger partial charge in [-0.15, -0.1) is 0 Å². The second-order valence-electron chi connectivity index (χ2n) is 5.96. The molecule has 2 N–H and O–H groups in total. The number of methoxy groups -OCH3 is 1. The fourth-order valence-corrected chi connectivity index (χ4v) is 2.82. The van der Waals surface area contributed by atoms with E-state index < -0.39 is 0 Å². The van der Waals surface area contributed by atoms with E-state index in [-0.39, 0.29) is 5.91 Å². The van der Waals surface area contributed by atoms with Crippen LogP contribution in [0.25, 0.3) is 0 Å². The third-order valence-electron chi connectivity index (χ3n) is 3.96. The fraction of sp³-hybridized carbons (Fsp3) is 0.143. The quantitative estimate of drug-likeness (QED) is 0.625. The summed E-state index contributed by atoms with van der Waals surface area (Å²) in [5, 5.41) is 6.86. The number of hydrogen-bond donors (Lipinski definition) is 2. The number of amides is 1. The number of rotatable bonds is 7. The molecule has 1 aromatic heterocycles. The van der Waals surface area contributed by atoms with Crippen LogP contribution in [0.1, 0.15) is 15.9 Å². The lowest BCUT2D eigenvalue weighted by Gasteiger charge is -2.09. The molecule has 0 aliphatic carbocycles. The number of ether oxygens (including phenoxy) is 1. The van der Waals surface area contributed by atoms with Gasteiger partial charge in [0, 0.05) is 35.7 Å². The Labute approximate surface area is 163 Å². The fourth-order valence-electron chi connectivity index (χ4n) is 2.61. The van der Waals surface area contributed by atoms with Gasteiger partial charge in [-0.05, 0) is 42.3 Å². The lowest BCUT2D eigenvalue weighted by Crippen LogP contribution is -2.13. The second-order valence-corrected chi connectivity index (χ2v) is 6.39. The minimum absolute atomic E-state index is 0.228. The van der Waals surface area contributed by atoms with E-state index in [0.717, 1.165) is 22.7 Å². The zero-order chi connectivity index (χ0) is 19.1. The molecule has 0 radical (unpaired) electrons. The first-order valence-electron chi connectivity index (χ1n) is 8.53. The number of hydrogen-bond acceptors (Lipinski definition) is 4. The highest BCUT2D eigenvalue weighted by Crippen LogP contribution is 2.18. The van der Waals surface area contributed by atoms with Gasteiger partial charge in [0.2, 0.25) is 0 Å². The lowest BCUT2D eigenvalue weighted by molar-refractivity contribution is 0.102. The zero-order valence-electron chi connectivity index (χ0n) is 14.9. The molecule has 3 rings (SSSR count). The highest BCUT2D eigenvalue weighted by molar-refractivity contribution is 6.30.